The molecular weight excluding hydrogens is 396 g/mol. The lowest BCUT2D eigenvalue weighted by Gasteiger charge is -2.37. The minimum atomic E-state index is -0.290. The summed E-state index contributed by atoms with van der Waals surface area (Å²) in [5.41, 5.74) is 2.07. The highest BCUT2D eigenvalue weighted by atomic mass is 35.5. The molecule has 146 valence electrons. The molecule has 6 nitrogen and oxygen atoms in total. The van der Waals surface area contributed by atoms with Crippen molar-refractivity contribution in [3.8, 4) is 0 Å². The van der Waals surface area contributed by atoms with E-state index in [9.17, 15) is 4.79 Å². The van der Waals surface area contributed by atoms with Crippen molar-refractivity contribution in [1.29, 1.82) is 0 Å². The number of rotatable bonds is 4. The third kappa shape index (κ3) is 3.52. The number of halogens is 1. The molecule has 2 aromatic heterocycles. The minimum Gasteiger partial charge on any atom is -0.462 e. The van der Waals surface area contributed by atoms with Crippen molar-refractivity contribution in [1.82, 2.24) is 9.97 Å². The first-order valence-electron chi connectivity index (χ1n) is 9.25. The summed E-state index contributed by atoms with van der Waals surface area (Å²) in [5, 5.41) is 1.70. The maximum atomic E-state index is 12.3. The van der Waals surface area contributed by atoms with Crippen molar-refractivity contribution in [3.63, 3.8) is 0 Å². The molecule has 0 N–H and O–H groups in total. The molecule has 0 bridgehead atoms. The van der Waals surface area contributed by atoms with Gasteiger partial charge in [-0.05, 0) is 43.7 Å². The topological polar surface area (TPSA) is 58.6 Å². The fourth-order valence-electron chi connectivity index (χ4n) is 3.51. The van der Waals surface area contributed by atoms with Crippen molar-refractivity contribution in [3.05, 3.63) is 46.1 Å². The van der Waals surface area contributed by atoms with Crippen LogP contribution in [0.5, 0.6) is 0 Å². The predicted octanol–water partition coefficient (Wildman–Crippen LogP) is 4.16. The minimum absolute atomic E-state index is 0.290. The number of hydrogen-bond acceptors (Lipinski definition) is 7. The molecule has 1 aliphatic rings. The average molecular weight is 417 g/mol. The average Bonchev–Trinajstić information content (AvgIpc) is 3.06. The molecule has 28 heavy (non-hydrogen) atoms. The second-order valence-corrected chi connectivity index (χ2v) is 8.04. The van der Waals surface area contributed by atoms with E-state index in [1.165, 1.54) is 17.0 Å². The number of anilines is 2. The van der Waals surface area contributed by atoms with Crippen LogP contribution in [-0.4, -0.2) is 48.7 Å². The molecule has 3 heterocycles. The van der Waals surface area contributed by atoms with E-state index in [1.54, 1.807) is 6.33 Å². The fourth-order valence-corrected chi connectivity index (χ4v) is 4.68. The first-order chi connectivity index (χ1) is 13.6. The molecule has 1 aromatic carbocycles. The third-order valence-electron chi connectivity index (χ3n) is 4.94. The Bertz CT molecular complexity index is 997. The van der Waals surface area contributed by atoms with E-state index in [4.69, 9.17) is 16.3 Å². The Labute approximate surface area is 172 Å². The normalized spacial score (nSPS) is 14.5. The second-order valence-electron chi connectivity index (χ2n) is 6.60. The van der Waals surface area contributed by atoms with Gasteiger partial charge in [-0.3, -0.25) is 0 Å². The number of aromatic nitrogens is 2. The molecule has 0 aliphatic carbocycles. The SMILES string of the molecule is CCOC(=O)c1sc2ncnc(N3CCN(c4ccc(Cl)cc4)CC3)c2c1C. The number of fused-ring (bicyclic) bond motifs is 1. The number of carbonyl (C=O) groups excluding carboxylic acids is 1. The molecule has 1 saturated heterocycles. The van der Waals surface area contributed by atoms with Crippen LogP contribution in [0, 0.1) is 6.92 Å². The molecule has 0 radical (unpaired) electrons. The Morgan fingerprint density at radius 2 is 1.82 bits per heavy atom. The van der Waals surface area contributed by atoms with Gasteiger partial charge in [0.2, 0.25) is 0 Å². The molecule has 0 spiro atoms. The van der Waals surface area contributed by atoms with Crippen LogP contribution in [0.25, 0.3) is 10.2 Å². The summed E-state index contributed by atoms with van der Waals surface area (Å²) in [5.74, 6) is 0.603. The molecule has 4 rings (SSSR count). The summed E-state index contributed by atoms with van der Waals surface area (Å²) >= 11 is 7.37. The van der Waals surface area contributed by atoms with Crippen LogP contribution in [0.4, 0.5) is 11.5 Å². The number of benzene rings is 1. The van der Waals surface area contributed by atoms with Crippen LogP contribution in [-0.2, 0) is 4.74 Å². The van der Waals surface area contributed by atoms with E-state index in [1.807, 2.05) is 26.0 Å². The molecule has 0 amide bonds. The zero-order valence-electron chi connectivity index (χ0n) is 15.8. The lowest BCUT2D eigenvalue weighted by molar-refractivity contribution is 0.0531. The van der Waals surface area contributed by atoms with Crippen LogP contribution in [0.15, 0.2) is 30.6 Å². The van der Waals surface area contributed by atoms with Crippen molar-refractivity contribution < 1.29 is 9.53 Å². The van der Waals surface area contributed by atoms with E-state index in [2.05, 4.69) is 31.9 Å². The molecular formula is C20H21ClN4O2S. The van der Waals surface area contributed by atoms with Crippen molar-refractivity contribution in [2.45, 2.75) is 13.8 Å². The molecule has 3 aromatic rings. The highest BCUT2D eigenvalue weighted by Gasteiger charge is 2.25. The number of carbonyl (C=O) groups is 1. The van der Waals surface area contributed by atoms with Gasteiger partial charge in [-0.15, -0.1) is 11.3 Å². The van der Waals surface area contributed by atoms with Gasteiger partial charge in [0.25, 0.3) is 0 Å². The summed E-state index contributed by atoms with van der Waals surface area (Å²) in [7, 11) is 0. The van der Waals surface area contributed by atoms with E-state index < -0.39 is 0 Å². The van der Waals surface area contributed by atoms with Gasteiger partial charge in [0, 0.05) is 36.9 Å². The molecule has 0 saturated carbocycles. The predicted molar refractivity (Wildman–Crippen MR) is 114 cm³/mol. The highest BCUT2D eigenvalue weighted by molar-refractivity contribution is 7.20. The van der Waals surface area contributed by atoms with E-state index in [-0.39, 0.29) is 5.97 Å². The summed E-state index contributed by atoms with van der Waals surface area (Å²) in [6.07, 6.45) is 1.58. The van der Waals surface area contributed by atoms with Gasteiger partial charge in [0.05, 0.1) is 12.0 Å². The largest absolute Gasteiger partial charge is 0.462 e. The maximum absolute atomic E-state index is 12.3. The van der Waals surface area contributed by atoms with E-state index in [0.717, 1.165) is 52.8 Å². The second kappa shape index (κ2) is 7.93. The Hall–Kier alpha value is -2.38. The van der Waals surface area contributed by atoms with Gasteiger partial charge in [-0.1, -0.05) is 11.6 Å². The van der Waals surface area contributed by atoms with Crippen LogP contribution >= 0.6 is 22.9 Å². The number of esters is 1. The lowest BCUT2D eigenvalue weighted by Crippen LogP contribution is -2.46. The van der Waals surface area contributed by atoms with Crippen LogP contribution in [0.2, 0.25) is 5.02 Å². The molecule has 1 fully saturated rings. The third-order valence-corrected chi connectivity index (χ3v) is 6.37. The summed E-state index contributed by atoms with van der Waals surface area (Å²) in [4.78, 5) is 27.2. The zero-order valence-corrected chi connectivity index (χ0v) is 17.4. The number of ether oxygens (including phenoxy) is 1. The quantitative estimate of drug-likeness (QED) is 0.595. The monoisotopic (exact) mass is 416 g/mol. The van der Waals surface area contributed by atoms with Gasteiger partial charge in [0.15, 0.2) is 0 Å². The first-order valence-corrected chi connectivity index (χ1v) is 10.4. The Kier molecular flexibility index (Phi) is 5.37. The highest BCUT2D eigenvalue weighted by Crippen LogP contribution is 2.35. The van der Waals surface area contributed by atoms with Crippen LogP contribution < -0.4 is 9.80 Å². The van der Waals surface area contributed by atoms with Gasteiger partial charge in [0.1, 0.15) is 21.9 Å². The fraction of sp³-hybridized carbons (Fsp3) is 0.350. The maximum Gasteiger partial charge on any atom is 0.348 e. The smallest absolute Gasteiger partial charge is 0.348 e. The summed E-state index contributed by atoms with van der Waals surface area (Å²) in [6.45, 7) is 7.59. The Morgan fingerprint density at radius 3 is 2.50 bits per heavy atom. The van der Waals surface area contributed by atoms with E-state index >= 15 is 0 Å². The van der Waals surface area contributed by atoms with Gasteiger partial charge < -0.3 is 14.5 Å². The Balaban J connectivity index is 1.58. The lowest BCUT2D eigenvalue weighted by atomic mass is 10.1. The molecule has 0 unspecified atom stereocenters. The number of aryl methyl sites for hydroxylation is 1. The Morgan fingerprint density at radius 1 is 1.14 bits per heavy atom. The van der Waals surface area contributed by atoms with Crippen LogP contribution in [0.3, 0.4) is 0 Å². The standard InChI is InChI=1S/C20H21ClN4O2S/c1-3-27-20(26)17-13(2)16-18(22-12-23-19(16)28-17)25-10-8-24(9-11-25)15-6-4-14(21)5-7-15/h4-7,12H,3,8-11H2,1-2H3. The summed E-state index contributed by atoms with van der Waals surface area (Å²) < 4.78 is 5.19. The molecule has 8 heteroatoms. The van der Waals surface area contributed by atoms with E-state index in [0.29, 0.717) is 11.5 Å². The number of nitrogens with zero attached hydrogens (tertiary/aromatic N) is 4. The summed E-state index contributed by atoms with van der Waals surface area (Å²) in [6, 6.07) is 7.94. The number of hydrogen-bond donors (Lipinski definition) is 0. The van der Waals surface area contributed by atoms with Gasteiger partial charge in [-0.25, -0.2) is 14.8 Å². The van der Waals surface area contributed by atoms with Crippen molar-refractivity contribution in [2.24, 2.45) is 0 Å². The molecule has 1 aliphatic heterocycles. The van der Waals surface area contributed by atoms with Crippen molar-refractivity contribution in [2.75, 3.05) is 42.6 Å². The zero-order chi connectivity index (χ0) is 19.7. The van der Waals surface area contributed by atoms with Gasteiger partial charge >= 0.3 is 5.97 Å². The molecule has 0 atom stereocenters. The van der Waals surface area contributed by atoms with Crippen LogP contribution in [0.1, 0.15) is 22.2 Å². The van der Waals surface area contributed by atoms with Crippen molar-refractivity contribution >= 4 is 50.6 Å². The number of thiophene rings is 1. The first kappa shape index (κ1) is 19.0. The number of piperazine rings is 1. The van der Waals surface area contributed by atoms with Gasteiger partial charge in [-0.2, -0.15) is 0 Å².